The summed E-state index contributed by atoms with van der Waals surface area (Å²) in [5.41, 5.74) is -1.25. The standard InChI is InChI=1S/C36H50ClN3O8/c1-18-13-27-25(19(2)17-40-22-10-11-23(40)15-24(42)14-22)12-9-20(3)36(27,45)32(31(18)46-21(4)41)47-33(43)29-16-35(44)26-7-6-8-28(37)30(26)39(5)48-34(35)38-29/h6-8,13,19-20,22-25,27,29,31-32,34,38,42,44-45H,9-12,14-17H2,1-5H3/t19?,20-,22?,23?,24?,25+,27-,29+,31-,32+,34-,35-,36-/m1/s1. The van der Waals surface area contributed by atoms with Gasteiger partial charge in [0.25, 0.3) is 0 Å². The third-order valence-corrected chi connectivity index (χ3v) is 12.9. The predicted octanol–water partition coefficient (Wildman–Crippen LogP) is 3.42. The molecule has 4 aliphatic heterocycles. The first-order valence-electron chi connectivity index (χ1n) is 17.6. The Hall–Kier alpha value is -2.25. The van der Waals surface area contributed by atoms with Crippen molar-refractivity contribution < 1.29 is 39.2 Å². The van der Waals surface area contributed by atoms with Crippen LogP contribution in [0.3, 0.4) is 0 Å². The minimum atomic E-state index is -1.56. The van der Waals surface area contributed by atoms with E-state index in [0.717, 1.165) is 50.6 Å². The largest absolute Gasteiger partial charge is 0.454 e. The molecule has 3 unspecified atom stereocenters. The monoisotopic (exact) mass is 687 g/mol. The van der Waals surface area contributed by atoms with Crippen molar-refractivity contribution >= 4 is 29.2 Å². The number of rotatable bonds is 6. The molecule has 0 aromatic heterocycles. The fraction of sp³-hybridized carbons (Fsp3) is 0.722. The Labute approximate surface area is 287 Å². The summed E-state index contributed by atoms with van der Waals surface area (Å²) >= 11 is 6.46. The lowest BCUT2D eigenvalue weighted by molar-refractivity contribution is -0.225. The number of para-hydroxylation sites is 1. The van der Waals surface area contributed by atoms with Crippen LogP contribution >= 0.6 is 11.6 Å². The van der Waals surface area contributed by atoms with Crippen LogP contribution in [0.4, 0.5) is 5.69 Å². The Morgan fingerprint density at radius 1 is 1.15 bits per heavy atom. The molecule has 12 atom stereocenters. The van der Waals surface area contributed by atoms with Gasteiger partial charge < -0.3 is 24.8 Å². The molecule has 1 aromatic rings. The van der Waals surface area contributed by atoms with Crippen molar-refractivity contribution in [3.63, 3.8) is 0 Å². The van der Waals surface area contributed by atoms with Crippen molar-refractivity contribution in [2.24, 2.45) is 23.7 Å². The highest BCUT2D eigenvalue weighted by Crippen LogP contribution is 2.53. The minimum absolute atomic E-state index is 0.0403. The second-order valence-electron chi connectivity index (χ2n) is 15.5. The number of carbonyl (C=O) groups excluding carboxylic acids is 2. The summed E-state index contributed by atoms with van der Waals surface area (Å²) < 4.78 is 12.1. The molecule has 4 N–H and O–H groups in total. The minimum Gasteiger partial charge on any atom is -0.454 e. The summed E-state index contributed by atoms with van der Waals surface area (Å²) in [6.45, 7) is 8.30. The van der Waals surface area contributed by atoms with Gasteiger partial charge in [-0.15, -0.1) is 0 Å². The number of ether oxygens (including phenoxy) is 2. The molecule has 12 heteroatoms. The number of anilines is 1. The van der Waals surface area contributed by atoms with Crippen molar-refractivity contribution in [1.82, 2.24) is 10.2 Å². The highest BCUT2D eigenvalue weighted by atomic mass is 35.5. The third kappa shape index (κ3) is 5.48. The number of piperidine rings is 1. The summed E-state index contributed by atoms with van der Waals surface area (Å²) in [6.07, 6.45) is 4.20. The molecule has 11 nitrogen and oxygen atoms in total. The van der Waals surface area contributed by atoms with Crippen molar-refractivity contribution in [1.29, 1.82) is 0 Å². The molecular weight excluding hydrogens is 638 g/mol. The van der Waals surface area contributed by atoms with Gasteiger partial charge in [0.05, 0.1) is 16.8 Å². The van der Waals surface area contributed by atoms with Crippen LogP contribution in [0.5, 0.6) is 0 Å². The number of esters is 2. The zero-order valence-corrected chi connectivity index (χ0v) is 29.2. The highest BCUT2D eigenvalue weighted by molar-refractivity contribution is 6.33. The molecule has 0 radical (unpaired) electrons. The van der Waals surface area contributed by atoms with Gasteiger partial charge in [0.1, 0.15) is 17.2 Å². The molecule has 0 spiro atoms. The molecule has 7 rings (SSSR count). The lowest BCUT2D eigenvalue weighted by atomic mass is 9.55. The summed E-state index contributed by atoms with van der Waals surface area (Å²) in [5.74, 6) is -1.44. The number of fused-ring (bicyclic) bond motifs is 6. The Morgan fingerprint density at radius 3 is 2.54 bits per heavy atom. The Kier molecular flexibility index (Phi) is 8.92. The van der Waals surface area contributed by atoms with Gasteiger partial charge in [-0.25, -0.2) is 0 Å². The molecule has 1 aromatic carbocycles. The number of nitrogens with zero attached hydrogens (tertiary/aromatic N) is 2. The van der Waals surface area contributed by atoms with Crippen LogP contribution in [0.25, 0.3) is 0 Å². The summed E-state index contributed by atoms with van der Waals surface area (Å²) in [4.78, 5) is 35.1. The van der Waals surface area contributed by atoms with E-state index in [2.05, 4.69) is 23.2 Å². The topological polar surface area (TPSA) is 141 Å². The number of hydrogen-bond donors (Lipinski definition) is 4. The van der Waals surface area contributed by atoms with Crippen LogP contribution < -0.4 is 10.4 Å². The summed E-state index contributed by atoms with van der Waals surface area (Å²) in [5, 5.41) is 40.1. The fourth-order valence-electron chi connectivity index (χ4n) is 10.2. The maximum atomic E-state index is 14.1. The lowest BCUT2D eigenvalue weighted by Gasteiger charge is -2.56. The second-order valence-corrected chi connectivity index (χ2v) is 15.9. The fourth-order valence-corrected chi connectivity index (χ4v) is 10.5. The van der Waals surface area contributed by atoms with Crippen LogP contribution in [-0.2, 0) is 29.5 Å². The molecule has 48 heavy (non-hydrogen) atoms. The molecule has 4 heterocycles. The number of nitrogens with one attached hydrogen (secondary N) is 1. The van der Waals surface area contributed by atoms with Crippen molar-refractivity contribution in [3.05, 3.63) is 40.4 Å². The van der Waals surface area contributed by atoms with E-state index in [1.807, 2.05) is 13.8 Å². The Balaban J connectivity index is 1.16. The van der Waals surface area contributed by atoms with E-state index in [0.29, 0.717) is 28.4 Å². The van der Waals surface area contributed by atoms with Crippen LogP contribution in [0.2, 0.25) is 5.02 Å². The third-order valence-electron chi connectivity index (χ3n) is 12.6. The van der Waals surface area contributed by atoms with Gasteiger partial charge in [-0.3, -0.25) is 29.7 Å². The number of benzene rings is 1. The molecule has 3 saturated heterocycles. The number of hydrogen-bond acceptors (Lipinski definition) is 11. The Bertz CT molecular complexity index is 1460. The van der Waals surface area contributed by atoms with Gasteiger partial charge in [-0.2, -0.15) is 0 Å². The maximum Gasteiger partial charge on any atom is 0.323 e. The molecule has 2 aliphatic carbocycles. The van der Waals surface area contributed by atoms with Gasteiger partial charge in [0, 0.05) is 50.5 Å². The van der Waals surface area contributed by atoms with Crippen LogP contribution in [0, 0.1) is 23.7 Å². The van der Waals surface area contributed by atoms with Gasteiger partial charge in [-0.1, -0.05) is 43.7 Å². The van der Waals surface area contributed by atoms with Crippen molar-refractivity contribution in [2.75, 3.05) is 18.7 Å². The Morgan fingerprint density at radius 2 is 1.85 bits per heavy atom. The zero-order chi connectivity index (χ0) is 34.3. The molecule has 0 amide bonds. The van der Waals surface area contributed by atoms with Crippen LogP contribution in [0.1, 0.15) is 78.2 Å². The van der Waals surface area contributed by atoms with E-state index in [4.69, 9.17) is 25.9 Å². The van der Waals surface area contributed by atoms with E-state index in [-0.39, 0.29) is 36.2 Å². The first kappa shape index (κ1) is 34.2. The van der Waals surface area contributed by atoms with Crippen molar-refractivity contribution in [2.45, 2.75) is 127 Å². The first-order valence-corrected chi connectivity index (χ1v) is 18.0. The summed E-state index contributed by atoms with van der Waals surface area (Å²) in [6, 6.07) is 5.03. The van der Waals surface area contributed by atoms with E-state index in [1.165, 1.54) is 12.0 Å². The zero-order valence-electron chi connectivity index (χ0n) is 28.5. The van der Waals surface area contributed by atoms with E-state index in [1.54, 1.807) is 25.2 Å². The average molecular weight is 688 g/mol. The average Bonchev–Trinajstić information content (AvgIpc) is 3.48. The van der Waals surface area contributed by atoms with E-state index in [9.17, 15) is 24.9 Å². The number of aliphatic hydroxyl groups excluding tert-OH is 1. The summed E-state index contributed by atoms with van der Waals surface area (Å²) in [7, 11) is 1.69. The molecule has 6 aliphatic rings. The normalized spacial score (nSPS) is 42.7. The van der Waals surface area contributed by atoms with Gasteiger partial charge >= 0.3 is 11.9 Å². The van der Waals surface area contributed by atoms with Crippen molar-refractivity contribution in [3.8, 4) is 0 Å². The number of hydroxylamine groups is 1. The maximum absolute atomic E-state index is 14.1. The van der Waals surface area contributed by atoms with Gasteiger partial charge in [0.15, 0.2) is 18.4 Å². The lowest BCUT2D eigenvalue weighted by Crippen LogP contribution is -2.66. The molecular formula is C36H50ClN3O8. The first-order chi connectivity index (χ1) is 22.7. The number of halogens is 1. The van der Waals surface area contributed by atoms with E-state index >= 15 is 0 Å². The SMILES string of the molecule is CC(=O)O[C@@H]1C(C)=C[C@@H]2[C@H](C(C)CN3C4CCC3CC(O)C4)CC[C@@H](C)[C@]2(O)[C@H]1OC(=O)[C@@H]1C[C@@]2(O)c3cccc(Cl)c3N(C)O[C@H]2N1. The number of aliphatic hydroxyl groups is 3. The molecule has 1 saturated carbocycles. The highest BCUT2D eigenvalue weighted by Gasteiger charge is 2.62. The van der Waals surface area contributed by atoms with Gasteiger partial charge in [0.2, 0.25) is 0 Å². The van der Waals surface area contributed by atoms with E-state index < -0.39 is 47.6 Å². The van der Waals surface area contributed by atoms with Gasteiger partial charge in [-0.05, 0) is 74.8 Å². The molecule has 4 fully saturated rings. The van der Waals surface area contributed by atoms with Crippen LogP contribution in [0.15, 0.2) is 29.8 Å². The quantitative estimate of drug-likeness (QED) is 0.258. The molecule has 264 valence electrons. The molecule has 2 bridgehead atoms. The predicted molar refractivity (Wildman–Crippen MR) is 178 cm³/mol. The smallest absolute Gasteiger partial charge is 0.323 e. The second kappa shape index (κ2) is 12.5. The van der Waals surface area contributed by atoms with Crippen LogP contribution in [-0.4, -0.2) is 94.0 Å². The number of carbonyl (C=O) groups is 2.